The Morgan fingerprint density at radius 2 is 0.720 bits per heavy atom. The molecule has 0 aromatic heterocycles. The first-order valence-corrected chi connectivity index (χ1v) is 12.9. The first kappa shape index (κ1) is 33.5. The summed E-state index contributed by atoms with van der Waals surface area (Å²) in [6, 6.07) is 0. The van der Waals surface area contributed by atoms with Crippen molar-refractivity contribution in [2.24, 2.45) is 0 Å². The van der Waals surface area contributed by atoms with Gasteiger partial charge < -0.3 is 41.9 Å². The Kier molecular flexibility index (Phi) is 24.6. The molecule has 9 nitrogen and oxygen atoms in total. The van der Waals surface area contributed by atoms with E-state index in [9.17, 15) is 28.4 Å². The minimum Gasteiger partial charge on any atom is -0.779 e. The molecule has 0 saturated carbocycles. The molecule has 0 bridgehead atoms. The van der Waals surface area contributed by atoms with Gasteiger partial charge in [0.15, 0.2) is 0 Å². The Hall–Kier alpha value is 0.969. The van der Waals surface area contributed by atoms with Crippen LogP contribution in [0.2, 0.25) is 0 Å². The molecular weight excluding hydrogens is 437 g/mol. The van der Waals surface area contributed by atoms with Gasteiger partial charge in [-0.15, -0.1) is 0 Å². The quantitative estimate of drug-likeness (QED) is 0.366. The molecule has 0 N–H and O–H groups in total. The Balaban J connectivity index is -0.000000130. The smallest absolute Gasteiger partial charge is 0.779 e. The summed E-state index contributed by atoms with van der Waals surface area (Å²) in [4.78, 5) is 31.2. The van der Waals surface area contributed by atoms with Gasteiger partial charge in [0.05, 0.1) is 19.8 Å². The second kappa shape index (κ2) is 18.3. The van der Waals surface area contributed by atoms with Gasteiger partial charge in [-0.1, -0.05) is 20.8 Å². The molecule has 0 aliphatic carbocycles. The van der Waals surface area contributed by atoms with Crippen LogP contribution >= 0.6 is 22.8 Å². The van der Waals surface area contributed by atoms with Gasteiger partial charge in [-0.25, -0.2) is 0 Å². The van der Waals surface area contributed by atoms with Crippen LogP contribution in [0, 0.1) is 0 Å². The summed E-state index contributed by atoms with van der Waals surface area (Å²) in [5, 5.41) is 0. The van der Waals surface area contributed by atoms with E-state index < -0.39 is 22.8 Å². The van der Waals surface area contributed by atoms with E-state index >= 15 is 0 Å². The van der Waals surface area contributed by atoms with Crippen LogP contribution in [0.5, 0.6) is 0 Å². The Labute approximate surface area is 161 Å². The molecular formula is C12H30FeO9P3. The maximum atomic E-state index is 10.4. The minimum absolute atomic E-state index is 0. The molecule has 13 heteroatoms. The molecule has 0 aromatic rings. The Morgan fingerprint density at radius 3 is 0.760 bits per heavy atom. The fourth-order valence-corrected chi connectivity index (χ4v) is 2.59. The molecule has 3 atom stereocenters. The van der Waals surface area contributed by atoms with Crippen LogP contribution in [0.4, 0.5) is 0 Å². The largest absolute Gasteiger partial charge is 3.00 e. The zero-order valence-corrected chi connectivity index (χ0v) is 19.4. The van der Waals surface area contributed by atoms with Crippen LogP contribution in [0.1, 0.15) is 41.5 Å². The summed E-state index contributed by atoms with van der Waals surface area (Å²) in [6.07, 6.45) is 0.252. The van der Waals surface area contributed by atoms with Gasteiger partial charge in [-0.2, -0.15) is 0 Å². The standard InChI is InChI=1S/3C4H11O3P.Fe/c3*1-3-7-8(5,6)4-2;/h3*3-4H2,1-2H3,(H,5,6);/q;;;+3/p-3. The van der Waals surface area contributed by atoms with E-state index in [1.54, 1.807) is 41.5 Å². The van der Waals surface area contributed by atoms with Crippen molar-refractivity contribution in [1.29, 1.82) is 0 Å². The summed E-state index contributed by atoms with van der Waals surface area (Å²) in [5.74, 6) is 0. The average Bonchev–Trinajstić information content (AvgIpc) is 2.48. The number of rotatable bonds is 9. The molecule has 0 fully saturated rings. The molecule has 0 heterocycles. The van der Waals surface area contributed by atoms with Crippen LogP contribution in [-0.2, 0) is 44.3 Å². The van der Waals surface area contributed by atoms with E-state index in [4.69, 9.17) is 0 Å². The van der Waals surface area contributed by atoms with Crippen LogP contribution in [-0.4, -0.2) is 38.3 Å². The van der Waals surface area contributed by atoms with Crippen molar-refractivity contribution >= 4 is 22.8 Å². The first-order chi connectivity index (χ1) is 10.9. The molecule has 0 aliphatic rings. The molecule has 0 rings (SSSR count). The van der Waals surface area contributed by atoms with Gasteiger partial charge in [0.2, 0.25) is 0 Å². The van der Waals surface area contributed by atoms with Crippen molar-refractivity contribution in [1.82, 2.24) is 0 Å². The molecule has 0 spiro atoms. The van der Waals surface area contributed by atoms with E-state index in [0.717, 1.165) is 0 Å². The molecule has 1 radical (unpaired) electrons. The summed E-state index contributed by atoms with van der Waals surface area (Å²) >= 11 is 0. The minimum atomic E-state index is -3.42. The Morgan fingerprint density at radius 1 is 0.560 bits per heavy atom. The second-order valence-electron chi connectivity index (χ2n) is 4.03. The molecule has 0 saturated heterocycles. The third-order valence-corrected chi connectivity index (χ3v) is 6.42. The maximum Gasteiger partial charge on any atom is 3.00 e. The first-order valence-electron chi connectivity index (χ1n) is 7.70. The van der Waals surface area contributed by atoms with Gasteiger partial charge in [0.1, 0.15) is 22.8 Å². The summed E-state index contributed by atoms with van der Waals surface area (Å²) < 4.78 is 44.4. The fourth-order valence-electron chi connectivity index (χ4n) is 0.864. The van der Waals surface area contributed by atoms with Crippen molar-refractivity contribution in [2.75, 3.05) is 38.3 Å². The molecule has 25 heavy (non-hydrogen) atoms. The van der Waals surface area contributed by atoms with Gasteiger partial charge in [-0.3, -0.25) is 0 Å². The molecule has 3 unspecified atom stereocenters. The van der Waals surface area contributed by atoms with Crippen molar-refractivity contribution < 1.29 is 59.0 Å². The molecule has 0 aliphatic heterocycles. The molecule has 0 aromatic carbocycles. The van der Waals surface area contributed by atoms with Crippen LogP contribution in [0.15, 0.2) is 0 Å². The van der Waals surface area contributed by atoms with Crippen molar-refractivity contribution in [3.63, 3.8) is 0 Å². The van der Waals surface area contributed by atoms with Gasteiger partial charge in [0.25, 0.3) is 0 Å². The average molecular weight is 467 g/mol. The summed E-state index contributed by atoms with van der Waals surface area (Å²) in [7, 11) is -10.3. The van der Waals surface area contributed by atoms with Crippen LogP contribution in [0.3, 0.4) is 0 Å². The molecule has 155 valence electrons. The normalized spacial score (nSPS) is 17.2. The number of hydrogen-bond acceptors (Lipinski definition) is 9. The van der Waals surface area contributed by atoms with Crippen LogP contribution < -0.4 is 14.7 Å². The van der Waals surface area contributed by atoms with Crippen molar-refractivity contribution in [2.45, 2.75) is 41.5 Å². The maximum absolute atomic E-state index is 10.4. The van der Waals surface area contributed by atoms with Gasteiger partial charge in [-0.05, 0) is 20.8 Å². The van der Waals surface area contributed by atoms with E-state index in [0.29, 0.717) is 0 Å². The predicted molar refractivity (Wildman–Crippen MR) is 89.3 cm³/mol. The van der Waals surface area contributed by atoms with Gasteiger partial charge >= 0.3 is 17.1 Å². The van der Waals surface area contributed by atoms with E-state index in [1.165, 1.54) is 0 Å². The third-order valence-electron chi connectivity index (χ3n) is 2.14. The predicted octanol–water partition coefficient (Wildman–Crippen LogP) is 1.79. The van der Waals surface area contributed by atoms with Crippen molar-refractivity contribution in [3.05, 3.63) is 0 Å². The molecule has 0 amide bonds. The van der Waals surface area contributed by atoms with Gasteiger partial charge in [0, 0.05) is 18.5 Å². The monoisotopic (exact) mass is 467 g/mol. The Bertz CT molecular complexity index is 372. The van der Waals surface area contributed by atoms with E-state index in [1.807, 2.05) is 0 Å². The zero-order valence-electron chi connectivity index (χ0n) is 15.6. The zero-order chi connectivity index (χ0) is 19.9. The summed E-state index contributed by atoms with van der Waals surface area (Å²) in [6.45, 7) is 10.4. The fraction of sp³-hybridized carbons (Fsp3) is 1.00. The second-order valence-corrected chi connectivity index (χ2v) is 10.4. The summed E-state index contributed by atoms with van der Waals surface area (Å²) in [5.41, 5.74) is 0. The third kappa shape index (κ3) is 27.3. The topological polar surface area (TPSA) is 148 Å². The van der Waals surface area contributed by atoms with Crippen molar-refractivity contribution in [3.8, 4) is 0 Å². The SMILES string of the molecule is CCOP(=O)([O-])CC.CCOP(=O)([O-])CC.CCOP(=O)([O-])CC.[Fe+3]. The van der Waals surface area contributed by atoms with E-state index in [-0.39, 0.29) is 55.4 Å². The van der Waals surface area contributed by atoms with E-state index in [2.05, 4.69) is 13.6 Å². The number of hydrogen-bond donors (Lipinski definition) is 0. The van der Waals surface area contributed by atoms with Crippen LogP contribution in [0.25, 0.3) is 0 Å².